The minimum Gasteiger partial charge on any atom is -0.504 e. The van der Waals surface area contributed by atoms with Gasteiger partial charge in [-0.2, -0.15) is 0 Å². The normalized spacial score (nSPS) is 20.8. The van der Waals surface area contributed by atoms with E-state index in [-0.39, 0.29) is 35.5 Å². The Balaban J connectivity index is 1.23. The molecule has 61 heavy (non-hydrogen) atoms. The number of pyridine rings is 1. The molecule has 1 aliphatic carbocycles. The Hall–Kier alpha value is -4.86. The molecule has 1 aromatic heterocycles. The molecule has 2 amide bonds. The van der Waals surface area contributed by atoms with Gasteiger partial charge in [0.25, 0.3) is 8.32 Å². The van der Waals surface area contributed by atoms with Crippen molar-refractivity contribution in [3.8, 4) is 11.5 Å². The predicted octanol–water partition coefficient (Wildman–Crippen LogP) is 8.30. The monoisotopic (exact) mass is 944 g/mol. The number of anilines is 1. The van der Waals surface area contributed by atoms with E-state index in [0.717, 1.165) is 38.4 Å². The third-order valence-electron chi connectivity index (χ3n) is 12.5. The second-order valence-electron chi connectivity index (χ2n) is 17.1. The average Bonchev–Trinajstić information content (AvgIpc) is 3.52. The number of para-hydroxylation sites is 1. The molecule has 3 heterocycles. The Morgan fingerprint density at radius 3 is 2.16 bits per heavy atom. The van der Waals surface area contributed by atoms with Crippen LogP contribution in [0.1, 0.15) is 51.3 Å². The van der Waals surface area contributed by atoms with Gasteiger partial charge in [0.15, 0.2) is 11.5 Å². The van der Waals surface area contributed by atoms with Crippen molar-refractivity contribution in [3.63, 3.8) is 0 Å². The topological polar surface area (TPSA) is 118 Å². The number of allylic oxidation sites excluding steroid dienone is 1. The van der Waals surface area contributed by atoms with Crippen molar-refractivity contribution in [2.75, 3.05) is 18.6 Å². The van der Waals surface area contributed by atoms with Crippen molar-refractivity contribution in [1.82, 2.24) is 4.98 Å². The van der Waals surface area contributed by atoms with Gasteiger partial charge in [-0.15, -0.1) is 0 Å². The van der Waals surface area contributed by atoms with Crippen LogP contribution >= 0.6 is 22.6 Å². The fraction of sp³-hybridized carbons (Fsp3) is 0.286. The number of fused-ring (bicyclic) bond motifs is 3. The van der Waals surface area contributed by atoms with Crippen LogP contribution in [0.2, 0.25) is 11.4 Å². The summed E-state index contributed by atoms with van der Waals surface area (Å²) >= 11 is 2.09. The molecule has 4 aromatic carbocycles. The molecule has 2 saturated heterocycles. The maximum Gasteiger partial charge on any atom is 0.455 e. The highest BCUT2D eigenvalue weighted by molar-refractivity contribution is 14.1. The summed E-state index contributed by atoms with van der Waals surface area (Å²) in [6.45, 7) is 6.96. The molecule has 8 rings (SSSR count). The first-order chi connectivity index (χ1) is 29.4. The van der Waals surface area contributed by atoms with Crippen molar-refractivity contribution in [3.05, 3.63) is 153 Å². The summed E-state index contributed by atoms with van der Waals surface area (Å²) in [6.07, 6.45) is 4.71. The Morgan fingerprint density at radius 2 is 1.56 bits per heavy atom. The molecule has 0 saturated carbocycles. The smallest absolute Gasteiger partial charge is 0.455 e. The lowest BCUT2D eigenvalue weighted by molar-refractivity contribution is -0.122. The molecule has 0 unspecified atom stereocenters. The number of imide groups is 1. The van der Waals surface area contributed by atoms with Gasteiger partial charge in [-0.05, 0) is 134 Å². The van der Waals surface area contributed by atoms with E-state index in [2.05, 4.69) is 91.9 Å². The number of aromatic hydroxyl groups is 1. The van der Waals surface area contributed by atoms with Gasteiger partial charge >= 0.3 is 7.12 Å². The van der Waals surface area contributed by atoms with Crippen LogP contribution in [-0.2, 0) is 18.7 Å². The third-order valence-corrected chi connectivity index (χ3v) is 18.3. The number of rotatable bonds is 12. The molecule has 3 aliphatic rings. The zero-order valence-electron chi connectivity index (χ0n) is 34.8. The lowest BCUT2D eigenvalue weighted by Crippen LogP contribution is -2.66. The molecule has 2 fully saturated rings. The summed E-state index contributed by atoms with van der Waals surface area (Å²) in [4.78, 5) is 35.1. The summed E-state index contributed by atoms with van der Waals surface area (Å²) in [6, 6.07) is 39.6. The third kappa shape index (κ3) is 8.28. The van der Waals surface area contributed by atoms with Crippen LogP contribution in [0, 0.1) is 21.3 Å². The SMILES string of the molecule is COc1cc(/C=C(/CC[C@H]2OB(O)C[C@H]3C2=C(CO[Si](c2ccccc2)(c2ccccc2)C(C)(C)C)C[C@H]2C(=O)N(c4ccccc4)C(=O)[C@H]23)c2ccccn2)cc(I)c1O. The molecule has 12 heteroatoms. The van der Waals surface area contributed by atoms with E-state index in [4.69, 9.17) is 18.8 Å². The van der Waals surface area contributed by atoms with Gasteiger partial charge in [-0.3, -0.25) is 19.5 Å². The average molecular weight is 945 g/mol. The number of benzene rings is 4. The molecule has 0 bridgehead atoms. The van der Waals surface area contributed by atoms with E-state index in [1.165, 1.54) is 12.0 Å². The molecule has 2 N–H and O–H groups in total. The number of ether oxygens (including phenoxy) is 1. The van der Waals surface area contributed by atoms with Gasteiger partial charge < -0.3 is 23.9 Å². The second-order valence-corrected chi connectivity index (χ2v) is 22.6. The molecule has 9 nitrogen and oxygen atoms in total. The summed E-state index contributed by atoms with van der Waals surface area (Å²) in [7, 11) is -2.64. The van der Waals surface area contributed by atoms with Crippen LogP contribution < -0.4 is 20.0 Å². The number of carbonyl (C=O) groups is 2. The number of phenols is 1. The van der Waals surface area contributed by atoms with E-state index in [1.54, 1.807) is 24.4 Å². The highest BCUT2D eigenvalue weighted by Crippen LogP contribution is 2.52. The Bertz CT molecular complexity index is 2410. The van der Waals surface area contributed by atoms with Gasteiger partial charge in [0, 0.05) is 6.20 Å². The molecule has 0 radical (unpaired) electrons. The van der Waals surface area contributed by atoms with Crippen molar-refractivity contribution in [2.24, 2.45) is 17.8 Å². The van der Waals surface area contributed by atoms with Crippen LogP contribution in [0.15, 0.2) is 139 Å². The number of amides is 2. The quantitative estimate of drug-likeness (QED) is 0.0556. The van der Waals surface area contributed by atoms with E-state index in [1.807, 2.05) is 60.7 Å². The number of phenolic OH excluding ortho intramolecular Hbond substituents is 1. The summed E-state index contributed by atoms with van der Waals surface area (Å²) in [5.41, 5.74) is 4.98. The number of hydrogen-bond donors (Lipinski definition) is 2. The largest absolute Gasteiger partial charge is 0.504 e. The fourth-order valence-corrected chi connectivity index (χ4v) is 15.0. The van der Waals surface area contributed by atoms with Crippen molar-refractivity contribution >= 4 is 77.6 Å². The first-order valence-corrected chi connectivity index (χ1v) is 23.8. The van der Waals surface area contributed by atoms with Crippen LogP contribution in [0.3, 0.4) is 0 Å². The Morgan fingerprint density at radius 1 is 0.918 bits per heavy atom. The van der Waals surface area contributed by atoms with Crippen LogP contribution in [0.5, 0.6) is 11.5 Å². The molecular formula is C49H50BIN2O7Si. The summed E-state index contributed by atoms with van der Waals surface area (Å²) in [5, 5.41) is 24.1. The highest BCUT2D eigenvalue weighted by atomic mass is 127. The Kier molecular flexibility index (Phi) is 12.5. The van der Waals surface area contributed by atoms with Crippen molar-refractivity contribution < 1.29 is 33.5 Å². The second kappa shape index (κ2) is 17.9. The zero-order valence-corrected chi connectivity index (χ0v) is 38.0. The molecule has 5 aromatic rings. The minimum atomic E-state index is -3.03. The minimum absolute atomic E-state index is 0.0800. The molecule has 0 spiro atoms. The Labute approximate surface area is 372 Å². The van der Waals surface area contributed by atoms with E-state index in [9.17, 15) is 19.7 Å². The van der Waals surface area contributed by atoms with Gasteiger partial charge in [0.2, 0.25) is 11.8 Å². The van der Waals surface area contributed by atoms with Crippen LogP contribution in [-0.4, -0.2) is 62.2 Å². The van der Waals surface area contributed by atoms with Gasteiger partial charge in [0.05, 0.1) is 46.6 Å². The van der Waals surface area contributed by atoms with Crippen molar-refractivity contribution in [2.45, 2.75) is 57.5 Å². The van der Waals surface area contributed by atoms with E-state index < -0.39 is 39.3 Å². The highest BCUT2D eigenvalue weighted by Gasteiger charge is 2.58. The standard InChI is InChI=1S/C49H50BIN2O7Si/c1-49(2,3)61(36-18-10-6-11-19-36,37-20-12-7-13-21-37)59-31-34-29-38-45(48(56)53(47(38)55)35-16-8-5-9-17-35)39-30-50(57)60-42(44(34)39)24-23-33(41-22-14-15-25-52-41)26-32-27-40(51)46(54)43(28-32)58-4/h5-22,25-28,38-39,42,45,54,57H,23-24,29-31H2,1-4H3/b33-26-/t38-,39+,42-,45-/m1/s1. The first kappa shape index (κ1) is 42.8. The number of halogens is 1. The first-order valence-electron chi connectivity index (χ1n) is 20.8. The molecule has 4 atom stereocenters. The van der Waals surface area contributed by atoms with Gasteiger partial charge in [-0.1, -0.05) is 106 Å². The maximum absolute atomic E-state index is 14.6. The van der Waals surface area contributed by atoms with Crippen LogP contribution in [0.4, 0.5) is 5.69 Å². The lowest BCUT2D eigenvalue weighted by atomic mass is 9.58. The van der Waals surface area contributed by atoms with Gasteiger partial charge in [0.1, 0.15) is 0 Å². The number of carbonyl (C=O) groups excluding carboxylic acids is 2. The van der Waals surface area contributed by atoms with E-state index in [0.29, 0.717) is 34.3 Å². The van der Waals surface area contributed by atoms with E-state index >= 15 is 0 Å². The van der Waals surface area contributed by atoms with Crippen LogP contribution in [0.25, 0.3) is 11.6 Å². The van der Waals surface area contributed by atoms with Crippen molar-refractivity contribution in [1.29, 1.82) is 0 Å². The summed E-state index contributed by atoms with van der Waals surface area (Å²) in [5.74, 6) is -1.72. The fourth-order valence-electron chi connectivity index (χ4n) is 9.83. The predicted molar refractivity (Wildman–Crippen MR) is 251 cm³/mol. The zero-order chi connectivity index (χ0) is 42.9. The number of nitrogens with zero attached hydrogens (tertiary/aromatic N) is 2. The lowest BCUT2D eigenvalue weighted by Gasteiger charge is -2.46. The number of aromatic nitrogens is 1. The molecule has 2 aliphatic heterocycles. The maximum atomic E-state index is 14.6. The number of hydrogen-bond acceptors (Lipinski definition) is 8. The molecular weight excluding hydrogens is 894 g/mol. The molecule has 312 valence electrons. The summed E-state index contributed by atoms with van der Waals surface area (Å²) < 4.78 is 20.2. The van der Waals surface area contributed by atoms with Gasteiger partial charge in [-0.25, -0.2) is 0 Å². The number of methoxy groups -OCH3 is 1.